The summed E-state index contributed by atoms with van der Waals surface area (Å²) in [5, 5.41) is 20.9. The van der Waals surface area contributed by atoms with Crippen molar-refractivity contribution in [1.29, 1.82) is 0 Å². The molecule has 0 aromatic carbocycles. The van der Waals surface area contributed by atoms with Crippen molar-refractivity contribution >= 4 is 6.16 Å². The third kappa shape index (κ3) is 27.1. The highest BCUT2D eigenvalue weighted by atomic mass is 16.6. The van der Waals surface area contributed by atoms with Crippen LogP contribution in [0, 0.1) is 0 Å². The predicted octanol–water partition coefficient (Wildman–Crippen LogP) is -0.169. The molecule has 6 heavy (non-hydrogen) atoms. The van der Waals surface area contributed by atoms with Crippen LogP contribution in [0.2, 0.25) is 0 Å². The molecule has 0 aromatic heterocycles. The van der Waals surface area contributed by atoms with E-state index in [0.29, 0.717) is 0 Å². The number of rotatable bonds is 0. The number of carboxylic acid groups (broad SMARTS) is 2. The summed E-state index contributed by atoms with van der Waals surface area (Å²) in [7, 11) is 1.00. The maximum atomic E-state index is 8.56. The van der Waals surface area contributed by atoms with Crippen molar-refractivity contribution in [3.8, 4) is 0 Å². The van der Waals surface area contributed by atoms with E-state index in [1.54, 1.807) is 0 Å². The molecule has 0 unspecified atom stereocenters. The van der Waals surface area contributed by atoms with Gasteiger partial charge in [-0.1, -0.05) is 0 Å². The zero-order valence-corrected chi connectivity index (χ0v) is 3.25. The summed E-state index contributed by atoms with van der Waals surface area (Å²) < 4.78 is 0. The summed E-state index contributed by atoms with van der Waals surface area (Å²) in [6.45, 7) is 0. The highest BCUT2D eigenvalue weighted by Crippen LogP contribution is 1.42. The quantitative estimate of drug-likeness (QED) is 0.389. The summed E-state index contributed by atoms with van der Waals surface area (Å²) in [6, 6.07) is 0. The Bertz CT molecular complexity index is 28.5. The minimum atomic E-state index is -1.83. The van der Waals surface area contributed by atoms with E-state index < -0.39 is 6.16 Å². The SMILES string of the molecule is CO.O=C(O)O. The van der Waals surface area contributed by atoms with Gasteiger partial charge < -0.3 is 15.3 Å². The number of hydrogen-bond donors (Lipinski definition) is 3. The maximum absolute atomic E-state index is 8.56. The van der Waals surface area contributed by atoms with Gasteiger partial charge in [0.25, 0.3) is 0 Å². The van der Waals surface area contributed by atoms with Crippen LogP contribution >= 0.6 is 0 Å². The Hall–Kier alpha value is -0.770. The highest BCUT2D eigenvalue weighted by Gasteiger charge is 1.70. The molecule has 0 saturated carbocycles. The molecule has 0 radical (unpaired) electrons. The van der Waals surface area contributed by atoms with Crippen LogP contribution in [-0.4, -0.2) is 28.6 Å². The van der Waals surface area contributed by atoms with Crippen LogP contribution in [0.5, 0.6) is 0 Å². The lowest BCUT2D eigenvalue weighted by molar-refractivity contribution is 0.137. The Morgan fingerprint density at radius 3 is 1.33 bits per heavy atom. The summed E-state index contributed by atoms with van der Waals surface area (Å²) in [5.74, 6) is 0. The van der Waals surface area contributed by atoms with Crippen molar-refractivity contribution in [2.24, 2.45) is 0 Å². The molecule has 0 saturated heterocycles. The van der Waals surface area contributed by atoms with Crippen molar-refractivity contribution in [2.75, 3.05) is 7.11 Å². The molecule has 0 aliphatic carbocycles. The van der Waals surface area contributed by atoms with E-state index in [-0.39, 0.29) is 0 Å². The van der Waals surface area contributed by atoms with Gasteiger partial charge in [-0.2, -0.15) is 0 Å². The predicted molar refractivity (Wildman–Crippen MR) is 18.8 cm³/mol. The average molecular weight is 94.1 g/mol. The van der Waals surface area contributed by atoms with Crippen molar-refractivity contribution < 1.29 is 20.1 Å². The molecule has 0 fully saturated rings. The van der Waals surface area contributed by atoms with Gasteiger partial charge in [-0.15, -0.1) is 0 Å². The monoisotopic (exact) mass is 94.0 g/mol. The van der Waals surface area contributed by atoms with E-state index in [1.165, 1.54) is 0 Å². The van der Waals surface area contributed by atoms with E-state index >= 15 is 0 Å². The third-order valence-corrected chi connectivity index (χ3v) is 0. The van der Waals surface area contributed by atoms with Gasteiger partial charge in [0.15, 0.2) is 0 Å². The molecule has 4 heteroatoms. The van der Waals surface area contributed by atoms with Gasteiger partial charge >= 0.3 is 6.16 Å². The minimum Gasteiger partial charge on any atom is -0.450 e. The van der Waals surface area contributed by atoms with E-state index in [9.17, 15) is 0 Å². The molecule has 0 amide bonds. The fraction of sp³-hybridized carbons (Fsp3) is 0.500. The fourth-order valence-corrected chi connectivity index (χ4v) is 0. The van der Waals surface area contributed by atoms with E-state index in [0.717, 1.165) is 7.11 Å². The van der Waals surface area contributed by atoms with Crippen molar-refractivity contribution in [3.63, 3.8) is 0 Å². The fourth-order valence-electron chi connectivity index (χ4n) is 0. The molecular formula is C2H6O4. The lowest BCUT2D eigenvalue weighted by Gasteiger charge is -1.60. The van der Waals surface area contributed by atoms with Crippen LogP contribution in [0.15, 0.2) is 0 Å². The van der Waals surface area contributed by atoms with Gasteiger partial charge in [0.05, 0.1) is 0 Å². The number of carbonyl (C=O) groups is 1. The molecule has 0 rings (SSSR count). The van der Waals surface area contributed by atoms with Crippen LogP contribution in [0.4, 0.5) is 4.79 Å². The Labute approximate surface area is 34.7 Å². The van der Waals surface area contributed by atoms with Crippen molar-refractivity contribution in [1.82, 2.24) is 0 Å². The van der Waals surface area contributed by atoms with Gasteiger partial charge in [-0.25, -0.2) is 4.79 Å². The lowest BCUT2D eigenvalue weighted by Crippen LogP contribution is -1.81. The highest BCUT2D eigenvalue weighted by molar-refractivity contribution is 5.53. The first-order chi connectivity index (χ1) is 2.73. The van der Waals surface area contributed by atoms with E-state index in [4.69, 9.17) is 20.1 Å². The van der Waals surface area contributed by atoms with Crippen LogP contribution in [0.1, 0.15) is 0 Å². The second-order valence-corrected chi connectivity index (χ2v) is 0.283. The summed E-state index contributed by atoms with van der Waals surface area (Å²) in [4.78, 5) is 8.56. The molecule has 4 nitrogen and oxygen atoms in total. The first kappa shape index (κ1) is 8.97. The molecule has 38 valence electrons. The molecule has 0 aliphatic heterocycles. The van der Waals surface area contributed by atoms with Gasteiger partial charge in [-0.3, -0.25) is 0 Å². The molecular weight excluding hydrogens is 88.0 g/mol. The first-order valence-corrected chi connectivity index (χ1v) is 1.10. The van der Waals surface area contributed by atoms with Crippen LogP contribution in [-0.2, 0) is 0 Å². The van der Waals surface area contributed by atoms with Gasteiger partial charge in [-0.05, 0) is 0 Å². The standard InChI is InChI=1S/CH2O3.CH4O/c2-1(3)4;1-2/h(H2,2,3,4);2H,1H3. The number of hydrogen-bond acceptors (Lipinski definition) is 2. The van der Waals surface area contributed by atoms with Crippen molar-refractivity contribution in [2.45, 2.75) is 0 Å². The summed E-state index contributed by atoms with van der Waals surface area (Å²) in [6.07, 6.45) is -1.83. The second-order valence-electron chi connectivity index (χ2n) is 0.283. The molecule has 0 heterocycles. The van der Waals surface area contributed by atoms with Crippen LogP contribution < -0.4 is 0 Å². The molecule has 3 N–H and O–H groups in total. The van der Waals surface area contributed by atoms with Crippen LogP contribution in [0.25, 0.3) is 0 Å². The number of aliphatic hydroxyl groups excluding tert-OH is 1. The minimum absolute atomic E-state index is 1.00. The first-order valence-electron chi connectivity index (χ1n) is 1.10. The lowest BCUT2D eigenvalue weighted by atomic mass is 11.5. The molecule has 0 spiro atoms. The third-order valence-electron chi connectivity index (χ3n) is 0. The van der Waals surface area contributed by atoms with E-state index in [2.05, 4.69) is 0 Å². The maximum Gasteiger partial charge on any atom is 0.503 e. The molecule has 0 aliphatic rings. The molecule has 0 aromatic rings. The zero-order chi connectivity index (χ0) is 5.58. The second kappa shape index (κ2) is 8.87. The summed E-state index contributed by atoms with van der Waals surface area (Å²) in [5.41, 5.74) is 0. The normalized spacial score (nSPS) is 5.00. The Morgan fingerprint density at radius 1 is 1.33 bits per heavy atom. The van der Waals surface area contributed by atoms with Gasteiger partial charge in [0.1, 0.15) is 0 Å². The Balaban J connectivity index is 0. The van der Waals surface area contributed by atoms with Gasteiger partial charge in [0.2, 0.25) is 0 Å². The Kier molecular flexibility index (Phi) is 13.3. The largest absolute Gasteiger partial charge is 0.503 e. The molecule has 0 atom stereocenters. The van der Waals surface area contributed by atoms with Crippen LogP contribution in [0.3, 0.4) is 0 Å². The molecule has 0 bridgehead atoms. The smallest absolute Gasteiger partial charge is 0.450 e. The summed E-state index contributed by atoms with van der Waals surface area (Å²) >= 11 is 0. The number of aliphatic hydroxyl groups is 1. The Morgan fingerprint density at radius 2 is 1.33 bits per heavy atom. The zero-order valence-electron chi connectivity index (χ0n) is 3.25. The van der Waals surface area contributed by atoms with E-state index in [1.807, 2.05) is 0 Å². The van der Waals surface area contributed by atoms with Crippen molar-refractivity contribution in [3.05, 3.63) is 0 Å². The average Bonchev–Trinajstić information content (AvgIpc) is 1.41. The topological polar surface area (TPSA) is 77.8 Å². The van der Waals surface area contributed by atoms with Gasteiger partial charge in [0, 0.05) is 7.11 Å².